The van der Waals surface area contributed by atoms with Gasteiger partial charge in [-0.25, -0.2) is 0 Å². The van der Waals surface area contributed by atoms with E-state index in [4.69, 9.17) is 0 Å². The predicted octanol–water partition coefficient (Wildman–Crippen LogP) is 5.58. The Morgan fingerprint density at radius 3 is 2.65 bits per heavy atom. The summed E-state index contributed by atoms with van der Waals surface area (Å²) in [7, 11) is 0. The van der Waals surface area contributed by atoms with Crippen molar-refractivity contribution >= 4 is 0 Å². The third-order valence-corrected chi connectivity index (χ3v) is 3.68. The Labute approximate surface area is 124 Å². The molecule has 0 saturated carbocycles. The lowest BCUT2D eigenvalue weighted by atomic mass is 9.98. The van der Waals surface area contributed by atoms with Gasteiger partial charge >= 0.3 is 0 Å². The van der Waals surface area contributed by atoms with Gasteiger partial charge in [-0.1, -0.05) is 56.9 Å². The summed E-state index contributed by atoms with van der Waals surface area (Å²) < 4.78 is 0. The van der Waals surface area contributed by atoms with Crippen LogP contribution < -0.4 is 0 Å². The molecule has 0 N–H and O–H groups in total. The molecule has 0 heterocycles. The smallest absolute Gasteiger partial charge is 0.0994 e. The van der Waals surface area contributed by atoms with Crippen molar-refractivity contribution in [3.63, 3.8) is 0 Å². The van der Waals surface area contributed by atoms with E-state index in [2.05, 4.69) is 51.1 Å². The number of unbranched alkanes of at least 4 members (excludes halogenated alkanes) is 2. The van der Waals surface area contributed by atoms with Gasteiger partial charge in [-0.3, -0.25) is 0 Å². The Bertz CT molecular complexity index is 477. The SMILES string of the molecule is CCCCCc1ccc(C/C=C(\C)CCC)c(C#N)c1. The van der Waals surface area contributed by atoms with Crippen molar-refractivity contribution in [2.75, 3.05) is 0 Å². The minimum Gasteiger partial charge on any atom is -0.192 e. The summed E-state index contributed by atoms with van der Waals surface area (Å²) >= 11 is 0. The van der Waals surface area contributed by atoms with Crippen LogP contribution >= 0.6 is 0 Å². The van der Waals surface area contributed by atoms with Gasteiger partial charge in [0.15, 0.2) is 0 Å². The van der Waals surface area contributed by atoms with Crippen LogP contribution in [0.5, 0.6) is 0 Å². The molecule has 1 heteroatoms. The van der Waals surface area contributed by atoms with E-state index in [1.165, 1.54) is 36.8 Å². The Hall–Kier alpha value is -1.55. The molecule has 0 saturated heterocycles. The van der Waals surface area contributed by atoms with Gasteiger partial charge in [0.05, 0.1) is 11.6 Å². The molecule has 0 bridgehead atoms. The quantitative estimate of drug-likeness (QED) is 0.446. The van der Waals surface area contributed by atoms with Crippen LogP contribution in [-0.4, -0.2) is 0 Å². The Morgan fingerprint density at radius 1 is 1.20 bits per heavy atom. The summed E-state index contributed by atoms with van der Waals surface area (Å²) in [6.07, 6.45) is 10.3. The van der Waals surface area contributed by atoms with Gasteiger partial charge in [-0.15, -0.1) is 0 Å². The highest BCUT2D eigenvalue weighted by Crippen LogP contribution is 2.16. The monoisotopic (exact) mass is 269 g/mol. The molecule has 0 radical (unpaired) electrons. The maximum atomic E-state index is 9.31. The maximum absolute atomic E-state index is 9.31. The molecule has 0 aliphatic heterocycles. The molecule has 108 valence electrons. The molecule has 20 heavy (non-hydrogen) atoms. The van der Waals surface area contributed by atoms with E-state index in [9.17, 15) is 5.26 Å². The predicted molar refractivity (Wildman–Crippen MR) is 86.8 cm³/mol. The van der Waals surface area contributed by atoms with Gasteiger partial charge < -0.3 is 0 Å². The molecule has 1 rings (SSSR count). The molecule has 0 amide bonds. The summed E-state index contributed by atoms with van der Waals surface area (Å²) in [6, 6.07) is 8.75. The van der Waals surface area contributed by atoms with Crippen LogP contribution in [0.1, 0.15) is 69.6 Å². The van der Waals surface area contributed by atoms with Crippen molar-refractivity contribution in [1.29, 1.82) is 5.26 Å². The molecule has 1 aromatic carbocycles. The first-order valence-corrected chi connectivity index (χ1v) is 7.88. The number of hydrogen-bond acceptors (Lipinski definition) is 1. The van der Waals surface area contributed by atoms with E-state index in [-0.39, 0.29) is 0 Å². The van der Waals surface area contributed by atoms with Crippen LogP contribution in [0.4, 0.5) is 0 Å². The lowest BCUT2D eigenvalue weighted by Crippen LogP contribution is -1.93. The lowest BCUT2D eigenvalue weighted by molar-refractivity contribution is 0.717. The van der Waals surface area contributed by atoms with Crippen LogP contribution in [0.2, 0.25) is 0 Å². The van der Waals surface area contributed by atoms with Crippen molar-refractivity contribution in [3.8, 4) is 6.07 Å². The Morgan fingerprint density at radius 2 is 2.00 bits per heavy atom. The van der Waals surface area contributed by atoms with Crippen LogP contribution in [0.25, 0.3) is 0 Å². The molecule has 0 fully saturated rings. The van der Waals surface area contributed by atoms with Gasteiger partial charge in [0.25, 0.3) is 0 Å². The molecule has 1 nitrogen and oxygen atoms in total. The second kappa shape index (κ2) is 9.37. The standard InChI is InChI=1S/C19H27N/c1-4-6-7-9-17-11-13-18(19(14-17)15-20)12-10-16(3)8-5-2/h10-11,13-14H,4-9,12H2,1-3H3/b16-10+. The molecule has 0 unspecified atom stereocenters. The van der Waals surface area contributed by atoms with E-state index in [1.54, 1.807) is 0 Å². The second-order valence-electron chi connectivity index (χ2n) is 5.57. The van der Waals surface area contributed by atoms with Crippen molar-refractivity contribution in [1.82, 2.24) is 0 Å². The Kier molecular flexibility index (Phi) is 7.73. The summed E-state index contributed by atoms with van der Waals surface area (Å²) in [6.45, 7) is 6.59. The maximum Gasteiger partial charge on any atom is 0.0994 e. The molecule has 0 atom stereocenters. The molecular weight excluding hydrogens is 242 g/mol. The molecule has 0 aliphatic rings. The highest BCUT2D eigenvalue weighted by atomic mass is 14.2. The van der Waals surface area contributed by atoms with Crippen molar-refractivity contribution < 1.29 is 0 Å². The second-order valence-corrected chi connectivity index (χ2v) is 5.57. The zero-order valence-electron chi connectivity index (χ0n) is 13.2. The van der Waals surface area contributed by atoms with E-state index in [1.807, 2.05) is 0 Å². The number of nitriles is 1. The van der Waals surface area contributed by atoms with Crippen LogP contribution in [0, 0.1) is 11.3 Å². The molecule has 0 aromatic heterocycles. The first kappa shape index (κ1) is 16.5. The zero-order valence-corrected chi connectivity index (χ0v) is 13.2. The molecular formula is C19H27N. The summed E-state index contributed by atoms with van der Waals surface area (Å²) in [5.41, 5.74) is 4.72. The van der Waals surface area contributed by atoms with Crippen molar-refractivity contribution in [3.05, 3.63) is 46.5 Å². The minimum absolute atomic E-state index is 0.847. The number of aryl methyl sites for hydroxylation is 1. The Balaban J connectivity index is 2.73. The highest BCUT2D eigenvalue weighted by Gasteiger charge is 2.03. The van der Waals surface area contributed by atoms with Crippen LogP contribution in [0.3, 0.4) is 0 Å². The number of nitrogens with zero attached hydrogens (tertiary/aromatic N) is 1. The van der Waals surface area contributed by atoms with Gasteiger partial charge in [-0.2, -0.15) is 5.26 Å². The van der Waals surface area contributed by atoms with Gasteiger partial charge in [0.2, 0.25) is 0 Å². The van der Waals surface area contributed by atoms with Gasteiger partial charge in [0.1, 0.15) is 0 Å². The summed E-state index contributed by atoms with van der Waals surface area (Å²) in [4.78, 5) is 0. The molecule has 0 aliphatic carbocycles. The largest absolute Gasteiger partial charge is 0.192 e. The van der Waals surface area contributed by atoms with E-state index in [0.717, 1.165) is 30.4 Å². The number of allylic oxidation sites excluding steroid dienone is 2. The van der Waals surface area contributed by atoms with Gasteiger partial charge in [0, 0.05) is 0 Å². The zero-order chi connectivity index (χ0) is 14.8. The summed E-state index contributed by atoms with van der Waals surface area (Å²) in [5, 5.41) is 9.31. The van der Waals surface area contributed by atoms with E-state index < -0.39 is 0 Å². The van der Waals surface area contributed by atoms with E-state index in [0.29, 0.717) is 0 Å². The van der Waals surface area contributed by atoms with Crippen molar-refractivity contribution in [2.45, 2.75) is 65.7 Å². The molecule has 1 aromatic rings. The lowest BCUT2D eigenvalue weighted by Gasteiger charge is -2.06. The van der Waals surface area contributed by atoms with Crippen LogP contribution in [-0.2, 0) is 12.8 Å². The fraction of sp³-hybridized carbons (Fsp3) is 0.526. The van der Waals surface area contributed by atoms with Crippen LogP contribution in [0.15, 0.2) is 29.8 Å². The normalized spacial score (nSPS) is 11.4. The highest BCUT2D eigenvalue weighted by molar-refractivity contribution is 5.42. The topological polar surface area (TPSA) is 23.8 Å². The number of benzene rings is 1. The average Bonchev–Trinajstić information content (AvgIpc) is 2.46. The van der Waals surface area contributed by atoms with E-state index >= 15 is 0 Å². The molecule has 0 spiro atoms. The average molecular weight is 269 g/mol. The summed E-state index contributed by atoms with van der Waals surface area (Å²) in [5.74, 6) is 0. The third kappa shape index (κ3) is 5.61. The van der Waals surface area contributed by atoms with Gasteiger partial charge in [-0.05, 0) is 49.8 Å². The first-order chi connectivity index (χ1) is 9.71. The number of hydrogen-bond donors (Lipinski definition) is 0. The fourth-order valence-electron chi connectivity index (χ4n) is 2.42. The number of rotatable bonds is 8. The van der Waals surface area contributed by atoms with Crippen molar-refractivity contribution in [2.24, 2.45) is 0 Å². The fourth-order valence-corrected chi connectivity index (χ4v) is 2.42. The first-order valence-electron chi connectivity index (χ1n) is 7.88. The minimum atomic E-state index is 0.847. The third-order valence-electron chi connectivity index (χ3n) is 3.68.